The van der Waals surface area contributed by atoms with Gasteiger partial charge in [0.05, 0.1) is 6.04 Å². The number of aromatic hydroxyl groups is 1. The van der Waals surface area contributed by atoms with Crippen LogP contribution in [0.25, 0.3) is 32.8 Å². The van der Waals surface area contributed by atoms with Crippen molar-refractivity contribution in [3.63, 3.8) is 0 Å². The molecule has 28 heavy (non-hydrogen) atoms. The van der Waals surface area contributed by atoms with Crippen LogP contribution in [0.15, 0.2) is 71.3 Å². The van der Waals surface area contributed by atoms with E-state index in [-0.39, 0.29) is 11.7 Å². The monoisotopic (exact) mass is 370 g/mol. The molecular weight excluding hydrogens is 352 g/mol. The molecule has 1 atom stereocenters. The lowest BCUT2D eigenvalue weighted by Gasteiger charge is -2.20. The number of benzene rings is 3. The fourth-order valence-corrected chi connectivity index (χ4v) is 3.97. The summed E-state index contributed by atoms with van der Waals surface area (Å²) in [5.41, 5.74) is 3.90. The molecule has 0 radical (unpaired) electrons. The number of aromatic nitrogens is 1. The van der Waals surface area contributed by atoms with Gasteiger partial charge in [0.2, 0.25) is 5.91 Å². The zero-order chi connectivity index (χ0) is 19.3. The highest BCUT2D eigenvalue weighted by Crippen LogP contribution is 2.42. The number of rotatable bonds is 3. The number of phenols is 1. The average Bonchev–Trinajstić information content (AvgIpc) is 3.28. The molecule has 0 spiro atoms. The van der Waals surface area contributed by atoms with Crippen molar-refractivity contribution in [1.82, 2.24) is 10.3 Å². The molecule has 3 N–H and O–H groups in total. The quantitative estimate of drug-likeness (QED) is 0.418. The van der Waals surface area contributed by atoms with Crippen LogP contribution >= 0.6 is 0 Å². The first-order valence-corrected chi connectivity index (χ1v) is 9.09. The third-order valence-electron chi connectivity index (χ3n) is 5.13. The highest BCUT2D eigenvalue weighted by atomic mass is 16.3. The van der Waals surface area contributed by atoms with Crippen molar-refractivity contribution in [2.75, 3.05) is 0 Å². The number of para-hydroxylation sites is 2. The molecule has 5 heteroatoms. The Balaban J connectivity index is 1.86. The number of hydrogen-bond donors (Lipinski definition) is 3. The summed E-state index contributed by atoms with van der Waals surface area (Å²) in [6.07, 6.45) is 1.88. The summed E-state index contributed by atoms with van der Waals surface area (Å²) in [5.74, 6) is -0.0671. The lowest BCUT2D eigenvalue weighted by atomic mass is 9.93. The van der Waals surface area contributed by atoms with Gasteiger partial charge < -0.3 is 19.8 Å². The van der Waals surface area contributed by atoms with E-state index in [1.54, 1.807) is 12.1 Å². The van der Waals surface area contributed by atoms with Crippen molar-refractivity contribution in [3.8, 4) is 5.75 Å². The summed E-state index contributed by atoms with van der Waals surface area (Å²) < 4.78 is 5.98. The number of fused-ring (bicyclic) bond motifs is 4. The highest BCUT2D eigenvalue weighted by Gasteiger charge is 2.26. The Kier molecular flexibility index (Phi) is 3.62. The highest BCUT2D eigenvalue weighted by molar-refractivity contribution is 6.08. The van der Waals surface area contributed by atoms with Gasteiger partial charge in [0, 0.05) is 45.9 Å². The molecule has 5 rings (SSSR count). The minimum absolute atomic E-state index is 0.114. The van der Waals surface area contributed by atoms with E-state index in [2.05, 4.69) is 10.3 Å². The van der Waals surface area contributed by atoms with E-state index in [0.29, 0.717) is 11.1 Å². The smallest absolute Gasteiger partial charge is 0.217 e. The fourth-order valence-electron chi connectivity index (χ4n) is 3.97. The molecule has 1 unspecified atom stereocenters. The normalized spacial score (nSPS) is 12.6. The standard InChI is InChI=1S/C23H18N2O3/c1-13(26)25-23(16-12-24-17-8-4-2-6-14(16)17)22-18(27)10-11-20-21(22)15-7-3-5-9-19(15)28-20/h2-12,23-24,27H,1H3,(H,25,26). The van der Waals surface area contributed by atoms with Crippen molar-refractivity contribution in [2.24, 2.45) is 0 Å². The van der Waals surface area contributed by atoms with Crippen LogP contribution in [0.4, 0.5) is 0 Å². The number of amides is 1. The Labute approximate surface area is 160 Å². The van der Waals surface area contributed by atoms with Crippen molar-refractivity contribution >= 4 is 38.7 Å². The van der Waals surface area contributed by atoms with Crippen LogP contribution in [0.3, 0.4) is 0 Å². The third kappa shape index (κ3) is 2.44. The van der Waals surface area contributed by atoms with Crippen molar-refractivity contribution in [2.45, 2.75) is 13.0 Å². The Morgan fingerprint density at radius 3 is 2.57 bits per heavy atom. The van der Waals surface area contributed by atoms with Gasteiger partial charge in [-0.3, -0.25) is 4.79 Å². The number of carbonyl (C=O) groups is 1. The van der Waals surface area contributed by atoms with Gasteiger partial charge in [-0.1, -0.05) is 36.4 Å². The zero-order valence-electron chi connectivity index (χ0n) is 15.2. The largest absolute Gasteiger partial charge is 0.508 e. The predicted octanol–water partition coefficient (Wildman–Crippen LogP) is 5.00. The van der Waals surface area contributed by atoms with E-state index < -0.39 is 6.04 Å². The van der Waals surface area contributed by atoms with Gasteiger partial charge >= 0.3 is 0 Å². The zero-order valence-corrected chi connectivity index (χ0v) is 15.2. The topological polar surface area (TPSA) is 78.3 Å². The van der Waals surface area contributed by atoms with Crippen LogP contribution in [0.1, 0.15) is 24.1 Å². The molecule has 5 aromatic rings. The van der Waals surface area contributed by atoms with Crippen LogP contribution in [-0.4, -0.2) is 16.0 Å². The summed E-state index contributed by atoms with van der Waals surface area (Å²) in [6, 6.07) is 18.4. The predicted molar refractivity (Wildman–Crippen MR) is 109 cm³/mol. The number of carbonyl (C=O) groups excluding carboxylic acids is 1. The molecule has 1 amide bonds. The van der Waals surface area contributed by atoms with E-state index in [1.807, 2.05) is 54.7 Å². The van der Waals surface area contributed by atoms with E-state index in [9.17, 15) is 9.90 Å². The third-order valence-corrected chi connectivity index (χ3v) is 5.13. The first-order valence-electron chi connectivity index (χ1n) is 9.09. The van der Waals surface area contributed by atoms with Crippen molar-refractivity contribution in [1.29, 1.82) is 0 Å². The molecule has 5 nitrogen and oxygen atoms in total. The SMILES string of the molecule is CC(=O)NC(c1c[nH]c2ccccc12)c1c(O)ccc2oc3ccccc3c12. The molecule has 3 aromatic carbocycles. The van der Waals surface area contributed by atoms with E-state index >= 15 is 0 Å². The molecular formula is C23H18N2O3. The number of aromatic amines is 1. The first-order chi connectivity index (χ1) is 13.6. The maximum Gasteiger partial charge on any atom is 0.217 e. The number of furan rings is 1. The fraction of sp³-hybridized carbons (Fsp3) is 0.0870. The molecule has 0 saturated carbocycles. The maximum absolute atomic E-state index is 12.1. The van der Waals surface area contributed by atoms with Crippen LogP contribution in [-0.2, 0) is 4.79 Å². The number of nitrogens with one attached hydrogen (secondary N) is 2. The van der Waals surface area contributed by atoms with E-state index in [1.165, 1.54) is 6.92 Å². The van der Waals surface area contributed by atoms with Gasteiger partial charge in [0.15, 0.2) is 0 Å². The molecule has 0 saturated heterocycles. The van der Waals surface area contributed by atoms with Crippen LogP contribution in [0.2, 0.25) is 0 Å². The molecule has 0 fully saturated rings. The Morgan fingerprint density at radius 2 is 1.75 bits per heavy atom. The summed E-state index contributed by atoms with van der Waals surface area (Å²) in [7, 11) is 0. The molecule has 0 aliphatic carbocycles. The van der Waals surface area contributed by atoms with Gasteiger partial charge in [-0.05, 0) is 24.3 Å². The Morgan fingerprint density at radius 1 is 1.00 bits per heavy atom. The van der Waals surface area contributed by atoms with Crippen molar-refractivity contribution in [3.05, 3.63) is 78.0 Å². The number of hydrogen-bond acceptors (Lipinski definition) is 3. The average molecular weight is 370 g/mol. The van der Waals surface area contributed by atoms with Crippen LogP contribution in [0, 0.1) is 0 Å². The summed E-state index contributed by atoms with van der Waals surface area (Å²) in [5, 5.41) is 16.6. The van der Waals surface area contributed by atoms with Crippen molar-refractivity contribution < 1.29 is 14.3 Å². The van der Waals surface area contributed by atoms with Gasteiger partial charge in [0.25, 0.3) is 0 Å². The molecule has 138 valence electrons. The second-order valence-corrected chi connectivity index (χ2v) is 6.89. The second kappa shape index (κ2) is 6.16. The summed E-state index contributed by atoms with van der Waals surface area (Å²) >= 11 is 0. The minimum atomic E-state index is -0.529. The molecule has 2 heterocycles. The van der Waals surface area contributed by atoms with Gasteiger partial charge in [-0.25, -0.2) is 0 Å². The van der Waals surface area contributed by atoms with Crippen LogP contribution < -0.4 is 5.32 Å². The van der Waals surface area contributed by atoms with Crippen LogP contribution in [0.5, 0.6) is 5.75 Å². The molecule has 0 aliphatic rings. The molecule has 0 bridgehead atoms. The van der Waals surface area contributed by atoms with Gasteiger partial charge in [-0.2, -0.15) is 0 Å². The van der Waals surface area contributed by atoms with E-state index in [0.717, 1.165) is 32.8 Å². The molecule has 0 aliphatic heterocycles. The second-order valence-electron chi connectivity index (χ2n) is 6.89. The first kappa shape index (κ1) is 16.4. The summed E-state index contributed by atoms with van der Waals surface area (Å²) in [4.78, 5) is 15.3. The maximum atomic E-state index is 12.1. The lowest BCUT2D eigenvalue weighted by Crippen LogP contribution is -2.27. The Bertz CT molecular complexity index is 1350. The number of H-pyrrole nitrogens is 1. The lowest BCUT2D eigenvalue weighted by molar-refractivity contribution is -0.119. The van der Waals surface area contributed by atoms with Gasteiger partial charge in [-0.15, -0.1) is 0 Å². The minimum Gasteiger partial charge on any atom is -0.508 e. The molecule has 2 aromatic heterocycles. The number of phenolic OH excluding ortho intramolecular Hbond substituents is 1. The Hall–Kier alpha value is -3.73. The van der Waals surface area contributed by atoms with E-state index in [4.69, 9.17) is 4.42 Å². The summed E-state index contributed by atoms with van der Waals surface area (Å²) in [6.45, 7) is 1.48. The van der Waals surface area contributed by atoms with Gasteiger partial charge in [0.1, 0.15) is 16.9 Å².